The van der Waals surface area contributed by atoms with Crippen LogP contribution in [0.5, 0.6) is 0 Å². The average Bonchev–Trinajstić information content (AvgIpc) is 1.96. The van der Waals surface area contributed by atoms with Gasteiger partial charge in [-0.2, -0.15) is 0 Å². The highest BCUT2D eigenvalue weighted by Gasteiger charge is 1.98. The summed E-state index contributed by atoms with van der Waals surface area (Å²) in [5.74, 6) is 0. The van der Waals surface area contributed by atoms with Gasteiger partial charge in [0.25, 0.3) is 0 Å². The SMILES string of the molecule is CO.OCP(CO)CO. The smallest absolute Gasteiger partial charge is 0.0668 e. The summed E-state index contributed by atoms with van der Waals surface area (Å²) in [7, 11) is 0.113. The van der Waals surface area contributed by atoms with Crippen LogP contribution in [0.1, 0.15) is 0 Å². The molecule has 0 aliphatic heterocycles. The van der Waals surface area contributed by atoms with E-state index in [0.717, 1.165) is 7.11 Å². The van der Waals surface area contributed by atoms with Gasteiger partial charge >= 0.3 is 0 Å². The van der Waals surface area contributed by atoms with Crippen LogP contribution in [0.3, 0.4) is 0 Å². The topological polar surface area (TPSA) is 80.9 Å². The van der Waals surface area contributed by atoms with E-state index < -0.39 is 7.92 Å². The molecule has 0 heterocycles. The lowest BCUT2D eigenvalue weighted by molar-refractivity contribution is 0.319. The number of aliphatic hydroxyl groups is 4. The van der Waals surface area contributed by atoms with E-state index in [-0.39, 0.29) is 19.0 Å². The largest absolute Gasteiger partial charge is 0.400 e. The first-order valence-corrected chi connectivity index (χ1v) is 4.24. The zero-order valence-corrected chi connectivity index (χ0v) is 6.25. The van der Waals surface area contributed by atoms with Crippen molar-refractivity contribution in [2.45, 2.75) is 0 Å². The maximum atomic E-state index is 8.23. The van der Waals surface area contributed by atoms with Crippen molar-refractivity contribution in [2.75, 3.05) is 26.2 Å². The standard InChI is InChI=1S/C3H9O3P.CH4O/c4-1-7(2-5)3-6;1-2/h4-6H,1-3H2;2H,1H3. The molecule has 0 spiro atoms. The Bertz CT molecular complexity index is 34.0. The van der Waals surface area contributed by atoms with E-state index in [1.54, 1.807) is 0 Å². The van der Waals surface area contributed by atoms with Crippen molar-refractivity contribution in [1.82, 2.24) is 0 Å². The van der Waals surface area contributed by atoms with Gasteiger partial charge in [-0.3, -0.25) is 0 Å². The molecule has 0 radical (unpaired) electrons. The van der Waals surface area contributed by atoms with E-state index >= 15 is 0 Å². The van der Waals surface area contributed by atoms with Crippen LogP contribution in [0.2, 0.25) is 0 Å². The van der Waals surface area contributed by atoms with Crippen LogP contribution in [0.15, 0.2) is 0 Å². The van der Waals surface area contributed by atoms with Crippen molar-refractivity contribution in [3.8, 4) is 0 Å². The highest BCUT2D eigenvalue weighted by atomic mass is 31.1. The molecule has 4 nitrogen and oxygen atoms in total. The molecule has 5 heteroatoms. The molecule has 0 fully saturated rings. The highest BCUT2D eigenvalue weighted by Crippen LogP contribution is 2.29. The predicted octanol–water partition coefficient (Wildman–Crippen LogP) is -1.07. The quantitative estimate of drug-likeness (QED) is 0.392. The number of rotatable bonds is 3. The Balaban J connectivity index is 0. The Labute approximate surface area is 55.5 Å². The van der Waals surface area contributed by atoms with Gasteiger partial charge in [-0.15, -0.1) is 0 Å². The van der Waals surface area contributed by atoms with Crippen molar-refractivity contribution in [3.63, 3.8) is 0 Å². The van der Waals surface area contributed by atoms with Crippen LogP contribution in [-0.2, 0) is 0 Å². The third-order valence-corrected chi connectivity index (χ3v) is 1.80. The molecule has 0 bridgehead atoms. The predicted molar refractivity (Wildman–Crippen MR) is 36.3 cm³/mol. The van der Waals surface area contributed by atoms with Crippen molar-refractivity contribution >= 4 is 7.92 Å². The third-order valence-electron chi connectivity index (χ3n) is 0.600. The first-order valence-electron chi connectivity index (χ1n) is 2.34. The zero-order chi connectivity index (χ0) is 7.70. The molecule has 0 amide bonds. The second-order valence-corrected chi connectivity index (χ2v) is 3.29. The fourth-order valence-electron chi connectivity index (χ4n) is 0.134. The van der Waals surface area contributed by atoms with Gasteiger partial charge < -0.3 is 20.4 Å². The Kier molecular flexibility index (Phi) is 14.8. The Morgan fingerprint density at radius 1 is 0.889 bits per heavy atom. The van der Waals surface area contributed by atoms with Crippen molar-refractivity contribution in [2.24, 2.45) is 0 Å². The average molecular weight is 156 g/mol. The molecular formula is C4H13O4P. The summed E-state index contributed by atoms with van der Waals surface area (Å²) >= 11 is 0. The summed E-state index contributed by atoms with van der Waals surface area (Å²) in [4.78, 5) is 0. The molecule has 0 saturated carbocycles. The van der Waals surface area contributed by atoms with Crippen LogP contribution in [0, 0.1) is 0 Å². The number of hydrogen-bond donors (Lipinski definition) is 4. The fourth-order valence-corrected chi connectivity index (χ4v) is 0.402. The van der Waals surface area contributed by atoms with Crippen molar-refractivity contribution in [3.05, 3.63) is 0 Å². The number of aliphatic hydroxyl groups excluding tert-OH is 4. The van der Waals surface area contributed by atoms with Gasteiger partial charge in [-0.25, -0.2) is 0 Å². The molecule has 0 aromatic rings. The summed E-state index contributed by atoms with van der Waals surface area (Å²) in [5.41, 5.74) is 0. The second-order valence-electron chi connectivity index (χ2n) is 1.10. The normalized spacial score (nSPS) is 8.67. The van der Waals surface area contributed by atoms with Gasteiger partial charge in [0.2, 0.25) is 0 Å². The van der Waals surface area contributed by atoms with E-state index in [4.69, 9.17) is 20.4 Å². The fraction of sp³-hybridized carbons (Fsp3) is 1.00. The van der Waals surface area contributed by atoms with Gasteiger partial charge in [-0.05, 0) is 7.92 Å². The van der Waals surface area contributed by atoms with Gasteiger partial charge in [0.15, 0.2) is 0 Å². The minimum Gasteiger partial charge on any atom is -0.400 e. The highest BCUT2D eigenvalue weighted by molar-refractivity contribution is 7.56. The van der Waals surface area contributed by atoms with E-state index in [0.29, 0.717) is 0 Å². The van der Waals surface area contributed by atoms with Crippen LogP contribution in [0.25, 0.3) is 0 Å². The first-order chi connectivity index (χ1) is 4.35. The lowest BCUT2D eigenvalue weighted by atomic mass is 11.6. The van der Waals surface area contributed by atoms with Crippen LogP contribution in [0.4, 0.5) is 0 Å². The minimum atomic E-state index is -0.887. The Hall–Kier alpha value is 0.270. The Morgan fingerprint density at radius 3 is 1.11 bits per heavy atom. The third kappa shape index (κ3) is 8.27. The molecule has 0 aliphatic carbocycles. The molecule has 4 N–H and O–H groups in total. The molecule has 0 aromatic heterocycles. The van der Waals surface area contributed by atoms with Crippen molar-refractivity contribution < 1.29 is 20.4 Å². The van der Waals surface area contributed by atoms with E-state index in [1.807, 2.05) is 0 Å². The number of hydrogen-bond acceptors (Lipinski definition) is 4. The van der Waals surface area contributed by atoms with Gasteiger partial charge in [0, 0.05) is 7.11 Å². The Morgan fingerprint density at radius 2 is 1.11 bits per heavy atom. The van der Waals surface area contributed by atoms with Gasteiger partial charge in [-0.1, -0.05) is 0 Å². The molecule has 0 saturated heterocycles. The lowest BCUT2D eigenvalue weighted by Crippen LogP contribution is -1.91. The molecular weight excluding hydrogens is 143 g/mol. The summed E-state index contributed by atoms with van der Waals surface area (Å²) in [6.07, 6.45) is -0.243. The van der Waals surface area contributed by atoms with E-state index in [9.17, 15) is 0 Å². The summed E-state index contributed by atoms with van der Waals surface area (Å²) < 4.78 is 0. The van der Waals surface area contributed by atoms with Crippen LogP contribution < -0.4 is 0 Å². The molecule has 0 unspecified atom stereocenters. The lowest BCUT2D eigenvalue weighted by Gasteiger charge is -2.03. The second kappa shape index (κ2) is 11.1. The maximum absolute atomic E-state index is 8.23. The maximum Gasteiger partial charge on any atom is 0.0668 e. The molecule has 9 heavy (non-hydrogen) atoms. The van der Waals surface area contributed by atoms with Gasteiger partial charge in [0.1, 0.15) is 0 Å². The van der Waals surface area contributed by atoms with Crippen molar-refractivity contribution in [1.29, 1.82) is 0 Å². The van der Waals surface area contributed by atoms with E-state index in [1.165, 1.54) is 0 Å². The van der Waals surface area contributed by atoms with Crippen LogP contribution in [-0.4, -0.2) is 46.6 Å². The summed E-state index contributed by atoms with van der Waals surface area (Å²) in [5, 5.41) is 31.7. The minimum absolute atomic E-state index is 0.0810. The molecule has 0 atom stereocenters. The molecule has 58 valence electrons. The molecule has 0 rings (SSSR count). The molecule has 0 aromatic carbocycles. The first kappa shape index (κ1) is 12.0. The summed E-state index contributed by atoms with van der Waals surface area (Å²) in [6, 6.07) is 0. The van der Waals surface area contributed by atoms with Crippen LogP contribution >= 0.6 is 7.92 Å². The molecule has 0 aliphatic rings. The van der Waals surface area contributed by atoms with Gasteiger partial charge in [0.05, 0.1) is 19.0 Å². The summed E-state index contributed by atoms with van der Waals surface area (Å²) in [6.45, 7) is 0. The van der Waals surface area contributed by atoms with E-state index in [2.05, 4.69) is 0 Å². The monoisotopic (exact) mass is 156 g/mol. The zero-order valence-electron chi connectivity index (χ0n) is 5.36.